The van der Waals surface area contributed by atoms with E-state index >= 15 is 0 Å². The van der Waals surface area contributed by atoms with Gasteiger partial charge in [-0.25, -0.2) is 4.98 Å². The highest BCUT2D eigenvalue weighted by Gasteiger charge is 2.23. The SMILES string of the molecule is CC(C)(C)C(=O)CSc1nc2cc(C(=O)NC3CCCCC3)ccc2c(=O)n1CCc1ccccc1. The number of benzene rings is 2. The number of nitrogens with one attached hydrogen (secondary N) is 1. The maximum Gasteiger partial charge on any atom is 0.262 e. The highest BCUT2D eigenvalue weighted by atomic mass is 32.2. The molecule has 1 aromatic heterocycles. The first-order chi connectivity index (χ1) is 17.2. The molecule has 1 aliphatic rings. The van der Waals surface area contributed by atoms with E-state index in [1.807, 2.05) is 51.1 Å². The lowest BCUT2D eigenvalue weighted by atomic mass is 9.92. The van der Waals surface area contributed by atoms with Crippen molar-refractivity contribution < 1.29 is 9.59 Å². The standard InChI is InChI=1S/C29H35N3O3S/c1-29(2,3)25(33)19-36-28-31-24-18-21(26(34)30-22-12-8-5-9-13-22)14-15-23(24)27(35)32(28)17-16-20-10-6-4-7-11-20/h4,6-7,10-11,14-15,18,22H,5,8-9,12-13,16-17,19H2,1-3H3,(H,30,34). The second-order valence-electron chi connectivity index (χ2n) is 10.6. The first kappa shape index (κ1) is 26.1. The summed E-state index contributed by atoms with van der Waals surface area (Å²) in [5.74, 6) is 0.197. The van der Waals surface area contributed by atoms with Crippen molar-refractivity contribution in [2.24, 2.45) is 5.41 Å². The van der Waals surface area contributed by atoms with Crippen LogP contribution in [0.15, 0.2) is 58.5 Å². The van der Waals surface area contributed by atoms with Gasteiger partial charge in [-0.1, -0.05) is 82.1 Å². The fraction of sp³-hybridized carbons (Fsp3) is 0.448. The average molecular weight is 506 g/mol. The van der Waals surface area contributed by atoms with Crippen LogP contribution >= 0.6 is 11.8 Å². The summed E-state index contributed by atoms with van der Waals surface area (Å²) >= 11 is 1.29. The zero-order valence-corrected chi connectivity index (χ0v) is 22.2. The van der Waals surface area contributed by atoms with Crippen LogP contribution in [0.3, 0.4) is 0 Å². The molecule has 1 N–H and O–H groups in total. The van der Waals surface area contributed by atoms with Crippen LogP contribution in [0.4, 0.5) is 0 Å². The van der Waals surface area contributed by atoms with Gasteiger partial charge < -0.3 is 5.32 Å². The number of aryl methyl sites for hydroxylation is 1. The number of nitrogens with zero attached hydrogens (tertiary/aromatic N) is 2. The van der Waals surface area contributed by atoms with Crippen molar-refractivity contribution in [1.82, 2.24) is 14.9 Å². The predicted molar refractivity (Wildman–Crippen MR) is 146 cm³/mol. The second kappa shape index (κ2) is 11.4. The summed E-state index contributed by atoms with van der Waals surface area (Å²) in [6, 6.07) is 15.3. The van der Waals surface area contributed by atoms with Crippen molar-refractivity contribution in [3.05, 3.63) is 70.0 Å². The fourth-order valence-corrected chi connectivity index (χ4v) is 5.58. The number of hydrogen-bond acceptors (Lipinski definition) is 5. The second-order valence-corrected chi connectivity index (χ2v) is 11.5. The summed E-state index contributed by atoms with van der Waals surface area (Å²) in [6.07, 6.45) is 6.19. The van der Waals surface area contributed by atoms with E-state index in [2.05, 4.69) is 5.32 Å². The van der Waals surface area contributed by atoms with Crippen LogP contribution in [0.25, 0.3) is 10.9 Å². The molecule has 6 nitrogen and oxygen atoms in total. The van der Waals surface area contributed by atoms with Crippen LogP contribution in [0, 0.1) is 5.41 Å². The summed E-state index contributed by atoms with van der Waals surface area (Å²) in [6.45, 7) is 6.14. The van der Waals surface area contributed by atoms with E-state index in [1.54, 1.807) is 22.8 Å². The lowest BCUT2D eigenvalue weighted by molar-refractivity contribution is -0.123. The number of amides is 1. The largest absolute Gasteiger partial charge is 0.349 e. The van der Waals surface area contributed by atoms with Gasteiger partial charge in [0.05, 0.1) is 16.7 Å². The zero-order chi connectivity index (χ0) is 25.7. The Morgan fingerprint density at radius 3 is 2.47 bits per heavy atom. The number of Topliss-reactive ketones (excluding diaryl/α,β-unsaturated/α-hetero) is 1. The maximum absolute atomic E-state index is 13.5. The molecular formula is C29H35N3O3S. The monoisotopic (exact) mass is 505 g/mol. The number of carbonyl (C=O) groups excluding carboxylic acids is 2. The number of fused-ring (bicyclic) bond motifs is 1. The minimum atomic E-state index is -0.469. The highest BCUT2D eigenvalue weighted by Crippen LogP contribution is 2.24. The van der Waals surface area contributed by atoms with Crippen molar-refractivity contribution in [3.8, 4) is 0 Å². The van der Waals surface area contributed by atoms with Gasteiger partial charge in [0.2, 0.25) is 0 Å². The molecule has 1 amide bonds. The minimum Gasteiger partial charge on any atom is -0.349 e. The Bertz CT molecular complexity index is 1290. The summed E-state index contributed by atoms with van der Waals surface area (Å²) in [5.41, 5.74) is 1.49. The fourth-order valence-electron chi connectivity index (χ4n) is 4.40. The van der Waals surface area contributed by atoms with Gasteiger partial charge >= 0.3 is 0 Å². The number of rotatable bonds is 8. The van der Waals surface area contributed by atoms with Crippen LogP contribution in [-0.4, -0.2) is 33.0 Å². The summed E-state index contributed by atoms with van der Waals surface area (Å²) in [4.78, 5) is 43.8. The molecule has 3 aromatic rings. The van der Waals surface area contributed by atoms with Crippen molar-refractivity contribution in [2.75, 3.05) is 5.75 Å². The Balaban J connectivity index is 1.65. The van der Waals surface area contributed by atoms with E-state index in [1.165, 1.54) is 18.2 Å². The summed E-state index contributed by atoms with van der Waals surface area (Å²) < 4.78 is 1.66. The van der Waals surface area contributed by atoms with Crippen molar-refractivity contribution >= 4 is 34.4 Å². The number of aromatic nitrogens is 2. The van der Waals surface area contributed by atoms with Gasteiger partial charge in [0, 0.05) is 23.6 Å². The average Bonchev–Trinajstić information content (AvgIpc) is 2.87. The van der Waals surface area contributed by atoms with E-state index in [0.717, 1.165) is 31.2 Å². The first-order valence-corrected chi connectivity index (χ1v) is 13.8. The van der Waals surface area contributed by atoms with Crippen LogP contribution < -0.4 is 10.9 Å². The predicted octanol–water partition coefficient (Wildman–Crippen LogP) is 5.41. The Labute approximate surface area is 216 Å². The third-order valence-electron chi connectivity index (χ3n) is 6.76. The van der Waals surface area contributed by atoms with Gasteiger partial charge in [-0.15, -0.1) is 0 Å². The molecule has 2 aromatic carbocycles. The lowest BCUT2D eigenvalue weighted by Gasteiger charge is -2.22. The molecule has 0 spiro atoms. The van der Waals surface area contributed by atoms with Crippen molar-refractivity contribution in [1.29, 1.82) is 0 Å². The number of hydrogen-bond donors (Lipinski definition) is 1. The topological polar surface area (TPSA) is 81.1 Å². The summed E-state index contributed by atoms with van der Waals surface area (Å²) in [5, 5.41) is 4.12. The Morgan fingerprint density at radius 1 is 1.06 bits per heavy atom. The Morgan fingerprint density at radius 2 is 1.78 bits per heavy atom. The van der Waals surface area contributed by atoms with Gasteiger partial charge in [-0.2, -0.15) is 0 Å². The molecule has 0 saturated heterocycles. The van der Waals surface area contributed by atoms with E-state index in [-0.39, 0.29) is 29.0 Å². The zero-order valence-electron chi connectivity index (χ0n) is 21.4. The molecule has 0 radical (unpaired) electrons. The van der Waals surface area contributed by atoms with Gasteiger partial charge in [-0.05, 0) is 43.0 Å². The Hall–Kier alpha value is -2.93. The number of thioether (sulfide) groups is 1. The molecule has 36 heavy (non-hydrogen) atoms. The molecule has 0 unspecified atom stereocenters. The summed E-state index contributed by atoms with van der Waals surface area (Å²) in [7, 11) is 0. The van der Waals surface area contributed by atoms with Crippen molar-refractivity contribution in [3.63, 3.8) is 0 Å². The quantitative estimate of drug-likeness (QED) is 0.327. The third kappa shape index (κ3) is 6.44. The third-order valence-corrected chi connectivity index (χ3v) is 7.74. The van der Waals surface area contributed by atoms with Gasteiger partial charge in [0.15, 0.2) is 5.16 Å². The van der Waals surface area contributed by atoms with Gasteiger partial charge in [0.25, 0.3) is 11.5 Å². The van der Waals surface area contributed by atoms with E-state index < -0.39 is 5.41 Å². The van der Waals surface area contributed by atoms with Gasteiger partial charge in [-0.3, -0.25) is 19.0 Å². The smallest absolute Gasteiger partial charge is 0.262 e. The minimum absolute atomic E-state index is 0.0945. The first-order valence-electron chi connectivity index (χ1n) is 12.8. The normalized spacial score (nSPS) is 14.6. The van der Waals surface area contributed by atoms with E-state index in [9.17, 15) is 14.4 Å². The molecule has 1 aliphatic carbocycles. The molecule has 0 aliphatic heterocycles. The molecule has 0 atom stereocenters. The Kier molecular flexibility index (Phi) is 8.29. The van der Waals surface area contributed by atoms with Gasteiger partial charge in [0.1, 0.15) is 5.78 Å². The molecular weight excluding hydrogens is 470 g/mol. The number of carbonyl (C=O) groups is 2. The van der Waals surface area contributed by atoms with Crippen LogP contribution in [0.2, 0.25) is 0 Å². The molecule has 1 fully saturated rings. The highest BCUT2D eigenvalue weighted by molar-refractivity contribution is 7.99. The molecule has 7 heteroatoms. The molecule has 4 rings (SSSR count). The number of ketones is 1. The lowest BCUT2D eigenvalue weighted by Crippen LogP contribution is -2.36. The molecule has 1 heterocycles. The molecule has 190 valence electrons. The van der Waals surface area contributed by atoms with Crippen molar-refractivity contribution in [2.45, 2.75) is 77.0 Å². The molecule has 1 saturated carbocycles. The maximum atomic E-state index is 13.5. The van der Waals surface area contributed by atoms with E-state index in [4.69, 9.17) is 4.98 Å². The van der Waals surface area contributed by atoms with Crippen LogP contribution in [0.5, 0.6) is 0 Å². The van der Waals surface area contributed by atoms with E-state index in [0.29, 0.717) is 34.6 Å². The van der Waals surface area contributed by atoms with Crippen LogP contribution in [-0.2, 0) is 17.8 Å². The van der Waals surface area contributed by atoms with Crippen LogP contribution in [0.1, 0.15) is 68.8 Å². The molecule has 0 bridgehead atoms.